The lowest BCUT2D eigenvalue weighted by Crippen LogP contribution is -2.40. The van der Waals surface area contributed by atoms with Gasteiger partial charge in [0.15, 0.2) is 0 Å². The highest BCUT2D eigenvalue weighted by Crippen LogP contribution is 2.19. The molecule has 1 saturated heterocycles. The van der Waals surface area contributed by atoms with Crippen molar-refractivity contribution >= 4 is 5.91 Å². The molecule has 2 heterocycles. The number of aromatic nitrogens is 2. The Morgan fingerprint density at radius 3 is 2.95 bits per heavy atom. The molecule has 2 rings (SSSR count). The van der Waals surface area contributed by atoms with Crippen LogP contribution >= 0.6 is 0 Å². The highest BCUT2D eigenvalue weighted by Gasteiger charge is 2.25. The van der Waals surface area contributed by atoms with E-state index in [1.54, 1.807) is 23.0 Å². The topological polar surface area (TPSA) is 47.4 Å². The van der Waals surface area contributed by atoms with Crippen LogP contribution in [0.4, 0.5) is 0 Å². The number of hydrogen-bond donors (Lipinski definition) is 0. The fraction of sp³-hybridized carbons (Fsp3) is 0.600. The lowest BCUT2D eigenvalue weighted by atomic mass is 9.97. The van der Waals surface area contributed by atoms with Gasteiger partial charge in [-0.1, -0.05) is 6.08 Å². The van der Waals surface area contributed by atoms with Gasteiger partial charge < -0.3 is 9.64 Å². The van der Waals surface area contributed by atoms with E-state index in [0.29, 0.717) is 18.2 Å². The van der Waals surface area contributed by atoms with Crippen LogP contribution in [-0.4, -0.2) is 46.9 Å². The third-order valence-corrected chi connectivity index (χ3v) is 3.73. The van der Waals surface area contributed by atoms with Gasteiger partial charge >= 0.3 is 0 Å². The minimum atomic E-state index is 0.0924. The summed E-state index contributed by atoms with van der Waals surface area (Å²) in [6.45, 7) is 9.33. The number of carbonyl (C=O) groups excluding carboxylic acids is 1. The van der Waals surface area contributed by atoms with Crippen LogP contribution in [-0.2, 0) is 11.3 Å². The smallest absolute Gasteiger partial charge is 0.272 e. The standard InChI is InChI=1S/C15H23N3O2/c1-3-11-20-12-13-6-9-17(10-7-13)15(19)14-5-8-16-18(14)4-2/h3,5,8,13H,1,4,6-7,9-12H2,2H3. The van der Waals surface area contributed by atoms with Crippen molar-refractivity contribution < 1.29 is 9.53 Å². The lowest BCUT2D eigenvalue weighted by molar-refractivity contribution is 0.0566. The summed E-state index contributed by atoms with van der Waals surface area (Å²) in [5.74, 6) is 0.643. The summed E-state index contributed by atoms with van der Waals surface area (Å²) in [5.41, 5.74) is 0.689. The zero-order valence-corrected chi connectivity index (χ0v) is 12.1. The van der Waals surface area contributed by atoms with Crippen molar-refractivity contribution in [3.63, 3.8) is 0 Å². The lowest BCUT2D eigenvalue weighted by Gasteiger charge is -2.31. The van der Waals surface area contributed by atoms with E-state index in [9.17, 15) is 4.79 Å². The number of aryl methyl sites for hydroxylation is 1. The highest BCUT2D eigenvalue weighted by atomic mass is 16.5. The summed E-state index contributed by atoms with van der Waals surface area (Å²) in [6.07, 6.45) is 5.46. The summed E-state index contributed by atoms with van der Waals surface area (Å²) < 4.78 is 7.24. The monoisotopic (exact) mass is 277 g/mol. The molecule has 1 aliphatic heterocycles. The van der Waals surface area contributed by atoms with Gasteiger partial charge in [0.05, 0.1) is 6.61 Å². The minimum Gasteiger partial charge on any atom is -0.377 e. The van der Waals surface area contributed by atoms with E-state index in [2.05, 4.69) is 11.7 Å². The van der Waals surface area contributed by atoms with Gasteiger partial charge in [-0.3, -0.25) is 9.48 Å². The molecule has 1 amide bonds. The first-order valence-electron chi connectivity index (χ1n) is 7.26. The van der Waals surface area contributed by atoms with Crippen molar-refractivity contribution in [2.24, 2.45) is 5.92 Å². The summed E-state index contributed by atoms with van der Waals surface area (Å²) >= 11 is 0. The van der Waals surface area contributed by atoms with Gasteiger partial charge in [-0.15, -0.1) is 6.58 Å². The maximum Gasteiger partial charge on any atom is 0.272 e. The van der Waals surface area contributed by atoms with Crippen molar-refractivity contribution in [3.8, 4) is 0 Å². The summed E-state index contributed by atoms with van der Waals surface area (Å²) in [4.78, 5) is 14.4. The van der Waals surface area contributed by atoms with E-state index in [0.717, 1.165) is 39.1 Å². The van der Waals surface area contributed by atoms with Crippen molar-refractivity contribution in [2.45, 2.75) is 26.3 Å². The SMILES string of the molecule is C=CCOCC1CCN(C(=O)c2ccnn2CC)CC1. The molecular formula is C15H23N3O2. The summed E-state index contributed by atoms with van der Waals surface area (Å²) in [6, 6.07) is 1.80. The molecule has 0 aliphatic carbocycles. The Hall–Kier alpha value is -1.62. The fourth-order valence-corrected chi connectivity index (χ4v) is 2.55. The van der Waals surface area contributed by atoms with Crippen LogP contribution in [0.5, 0.6) is 0 Å². The van der Waals surface area contributed by atoms with E-state index < -0.39 is 0 Å². The number of ether oxygens (including phenoxy) is 1. The second kappa shape index (κ2) is 7.24. The Bertz CT molecular complexity index is 448. The molecule has 0 bridgehead atoms. The normalized spacial score (nSPS) is 16.4. The maximum atomic E-state index is 12.4. The average Bonchev–Trinajstić information content (AvgIpc) is 2.96. The van der Waals surface area contributed by atoms with Crippen molar-refractivity contribution in [2.75, 3.05) is 26.3 Å². The van der Waals surface area contributed by atoms with Crippen molar-refractivity contribution in [3.05, 3.63) is 30.6 Å². The highest BCUT2D eigenvalue weighted by molar-refractivity contribution is 5.92. The third kappa shape index (κ3) is 3.48. The molecule has 110 valence electrons. The van der Waals surface area contributed by atoms with Crippen molar-refractivity contribution in [1.82, 2.24) is 14.7 Å². The van der Waals surface area contributed by atoms with Crippen LogP contribution in [0.3, 0.4) is 0 Å². The van der Waals surface area contributed by atoms with Crippen LogP contribution in [0.2, 0.25) is 0 Å². The molecule has 0 saturated carbocycles. The molecule has 5 nitrogen and oxygen atoms in total. The van der Waals surface area contributed by atoms with E-state index in [4.69, 9.17) is 4.74 Å². The fourth-order valence-electron chi connectivity index (χ4n) is 2.55. The molecule has 0 N–H and O–H groups in total. The van der Waals surface area contributed by atoms with Crippen molar-refractivity contribution in [1.29, 1.82) is 0 Å². The molecule has 1 aromatic rings. The van der Waals surface area contributed by atoms with Crippen LogP contribution in [0.15, 0.2) is 24.9 Å². The first kappa shape index (κ1) is 14.8. The number of carbonyl (C=O) groups is 1. The Labute approximate surface area is 120 Å². The first-order chi connectivity index (χ1) is 9.76. The second-order valence-electron chi connectivity index (χ2n) is 5.09. The molecular weight excluding hydrogens is 254 g/mol. The number of likely N-dealkylation sites (tertiary alicyclic amines) is 1. The molecule has 0 spiro atoms. The van der Waals surface area contributed by atoms with Crippen LogP contribution in [0, 0.1) is 5.92 Å². The second-order valence-corrected chi connectivity index (χ2v) is 5.09. The number of nitrogens with zero attached hydrogens (tertiary/aromatic N) is 3. The van der Waals surface area contributed by atoms with Crippen LogP contribution < -0.4 is 0 Å². The van der Waals surface area contributed by atoms with Gasteiger partial charge in [-0.2, -0.15) is 5.10 Å². The number of rotatable bonds is 6. The number of hydrogen-bond acceptors (Lipinski definition) is 3. The molecule has 20 heavy (non-hydrogen) atoms. The van der Waals surface area contributed by atoms with E-state index in [1.165, 1.54) is 0 Å². The van der Waals surface area contributed by atoms with Crippen LogP contribution in [0.25, 0.3) is 0 Å². The zero-order chi connectivity index (χ0) is 14.4. The van der Waals surface area contributed by atoms with Crippen LogP contribution in [0.1, 0.15) is 30.3 Å². The largest absolute Gasteiger partial charge is 0.377 e. The number of piperidine rings is 1. The molecule has 1 fully saturated rings. The average molecular weight is 277 g/mol. The Balaban J connectivity index is 1.84. The Kier molecular flexibility index (Phi) is 5.35. The van der Waals surface area contributed by atoms with Gasteiger partial charge in [-0.05, 0) is 31.7 Å². The minimum absolute atomic E-state index is 0.0924. The Morgan fingerprint density at radius 2 is 2.30 bits per heavy atom. The quantitative estimate of drug-likeness (QED) is 0.590. The van der Waals surface area contributed by atoms with E-state index in [1.807, 2.05) is 11.8 Å². The van der Waals surface area contributed by atoms with Gasteiger partial charge in [0.2, 0.25) is 0 Å². The molecule has 0 radical (unpaired) electrons. The molecule has 1 aliphatic rings. The molecule has 0 atom stereocenters. The maximum absolute atomic E-state index is 12.4. The van der Waals surface area contributed by atoms with Gasteiger partial charge in [0, 0.05) is 32.4 Å². The molecule has 0 aromatic carbocycles. The zero-order valence-electron chi connectivity index (χ0n) is 12.1. The predicted molar refractivity (Wildman–Crippen MR) is 77.5 cm³/mol. The summed E-state index contributed by atoms with van der Waals surface area (Å²) in [5, 5.41) is 4.16. The predicted octanol–water partition coefficient (Wildman–Crippen LogP) is 1.96. The molecule has 1 aromatic heterocycles. The van der Waals surface area contributed by atoms with E-state index >= 15 is 0 Å². The van der Waals surface area contributed by atoms with Gasteiger partial charge in [0.25, 0.3) is 5.91 Å². The van der Waals surface area contributed by atoms with Gasteiger partial charge in [-0.25, -0.2) is 0 Å². The molecule has 0 unspecified atom stereocenters. The van der Waals surface area contributed by atoms with E-state index in [-0.39, 0.29) is 5.91 Å². The Morgan fingerprint density at radius 1 is 1.55 bits per heavy atom. The number of amides is 1. The summed E-state index contributed by atoms with van der Waals surface area (Å²) in [7, 11) is 0. The molecule has 5 heteroatoms. The van der Waals surface area contributed by atoms with Gasteiger partial charge in [0.1, 0.15) is 5.69 Å². The first-order valence-corrected chi connectivity index (χ1v) is 7.26. The third-order valence-electron chi connectivity index (χ3n) is 3.73.